The van der Waals surface area contributed by atoms with E-state index in [0.717, 1.165) is 0 Å². The molecule has 0 fully saturated rings. The third-order valence-corrected chi connectivity index (χ3v) is 5.01. The minimum atomic E-state index is -0.762. The van der Waals surface area contributed by atoms with Crippen LogP contribution in [0.2, 0.25) is 0 Å². The summed E-state index contributed by atoms with van der Waals surface area (Å²) in [4.78, 5) is 58.6. The molecule has 11 heteroatoms. The van der Waals surface area contributed by atoms with Crippen LogP contribution in [-0.2, 0) is 19.2 Å². The highest BCUT2D eigenvalue weighted by Gasteiger charge is 2.27. The summed E-state index contributed by atoms with van der Waals surface area (Å²) in [6.45, 7) is 5.81. The zero-order valence-corrected chi connectivity index (χ0v) is 20.0. The fourth-order valence-corrected chi connectivity index (χ4v) is 2.89. The molecule has 0 aliphatic heterocycles. The summed E-state index contributed by atoms with van der Waals surface area (Å²) in [5.41, 5.74) is 4.99. The Bertz CT molecular complexity index is 600. The molecule has 0 aromatic rings. The molecule has 0 aromatic heterocycles. The molecular formula is C19H34IN5O5. The van der Waals surface area contributed by atoms with Crippen molar-refractivity contribution in [2.24, 2.45) is 11.7 Å². The molecule has 172 valence electrons. The fourth-order valence-electron chi connectivity index (χ4n) is 2.62. The molecule has 5 amide bonds. The van der Waals surface area contributed by atoms with E-state index in [1.54, 1.807) is 0 Å². The van der Waals surface area contributed by atoms with Crippen molar-refractivity contribution in [3.8, 4) is 0 Å². The van der Waals surface area contributed by atoms with Crippen LogP contribution in [0, 0.1) is 5.92 Å². The molecule has 10 nitrogen and oxygen atoms in total. The standard InChI is InChI=1S/C19H34IN5O5/c1-12(2)17(25-15(27)8-4-5-9-22-16(28)11-20)18(29)24-14(13(3)26)7-6-10-23-19(21)30/h12,14,17H,4-11H2,1-3H3,(H,22,28)(H,24,29)(H,25,27)(H3,21,23,30)/t14-,17-/m0/s1. The van der Waals surface area contributed by atoms with E-state index in [-0.39, 0.29) is 29.9 Å². The number of primary amides is 1. The first-order valence-corrected chi connectivity index (χ1v) is 11.6. The number of urea groups is 1. The van der Waals surface area contributed by atoms with Gasteiger partial charge in [0.25, 0.3) is 0 Å². The van der Waals surface area contributed by atoms with Crippen molar-refractivity contribution in [1.82, 2.24) is 21.3 Å². The smallest absolute Gasteiger partial charge is 0.312 e. The van der Waals surface area contributed by atoms with Gasteiger partial charge in [0.1, 0.15) is 6.04 Å². The molecule has 0 unspecified atom stereocenters. The van der Waals surface area contributed by atoms with Gasteiger partial charge in [-0.3, -0.25) is 19.2 Å². The number of Topliss-reactive ketones (excluding diaryl/α,β-unsaturated/α-hetero) is 1. The molecule has 0 saturated heterocycles. The van der Waals surface area contributed by atoms with Crippen molar-refractivity contribution in [1.29, 1.82) is 0 Å². The summed E-state index contributed by atoms with van der Waals surface area (Å²) in [5.74, 6) is -1.09. The highest BCUT2D eigenvalue weighted by Crippen LogP contribution is 2.06. The molecule has 0 rings (SSSR count). The third kappa shape index (κ3) is 13.3. The maximum absolute atomic E-state index is 12.6. The van der Waals surface area contributed by atoms with Crippen LogP contribution in [-0.4, -0.2) is 59.1 Å². The Morgan fingerprint density at radius 2 is 1.53 bits per heavy atom. The number of hydrogen-bond acceptors (Lipinski definition) is 5. The normalized spacial score (nSPS) is 12.6. The zero-order chi connectivity index (χ0) is 23.1. The second-order valence-corrected chi connectivity index (χ2v) is 8.10. The maximum atomic E-state index is 12.6. The van der Waals surface area contributed by atoms with E-state index in [1.165, 1.54) is 6.92 Å². The maximum Gasteiger partial charge on any atom is 0.312 e. The van der Waals surface area contributed by atoms with Gasteiger partial charge in [0.15, 0.2) is 5.78 Å². The summed E-state index contributed by atoms with van der Waals surface area (Å²) in [6, 6.07) is -2.11. The Labute approximate surface area is 191 Å². The Morgan fingerprint density at radius 1 is 0.900 bits per heavy atom. The van der Waals surface area contributed by atoms with E-state index < -0.39 is 24.0 Å². The molecule has 6 N–H and O–H groups in total. The highest BCUT2D eigenvalue weighted by molar-refractivity contribution is 14.1. The molecule has 0 heterocycles. The van der Waals surface area contributed by atoms with E-state index in [2.05, 4.69) is 21.3 Å². The Morgan fingerprint density at radius 3 is 2.07 bits per heavy atom. The predicted molar refractivity (Wildman–Crippen MR) is 122 cm³/mol. The van der Waals surface area contributed by atoms with Gasteiger partial charge in [-0.1, -0.05) is 36.4 Å². The number of rotatable bonds is 15. The van der Waals surface area contributed by atoms with Gasteiger partial charge < -0.3 is 27.0 Å². The number of unbranched alkanes of at least 4 members (excludes halogenated alkanes) is 1. The number of halogens is 1. The lowest BCUT2D eigenvalue weighted by Gasteiger charge is -2.24. The van der Waals surface area contributed by atoms with E-state index in [4.69, 9.17) is 5.73 Å². The minimum Gasteiger partial charge on any atom is -0.355 e. The van der Waals surface area contributed by atoms with Crippen molar-refractivity contribution in [3.63, 3.8) is 0 Å². The number of nitrogens with two attached hydrogens (primary N) is 1. The Balaban J connectivity index is 4.54. The van der Waals surface area contributed by atoms with Crippen LogP contribution in [0.1, 0.15) is 52.9 Å². The van der Waals surface area contributed by atoms with Crippen LogP contribution in [0.5, 0.6) is 0 Å². The van der Waals surface area contributed by atoms with Gasteiger partial charge in [-0.2, -0.15) is 0 Å². The molecule has 0 aliphatic carbocycles. The van der Waals surface area contributed by atoms with E-state index >= 15 is 0 Å². The SMILES string of the molecule is CC(=O)[C@H](CCCNC(N)=O)NC(=O)[C@@H](NC(=O)CCCCNC(=O)CI)C(C)C. The molecule has 0 spiro atoms. The lowest BCUT2D eigenvalue weighted by atomic mass is 10.0. The zero-order valence-electron chi connectivity index (χ0n) is 17.9. The van der Waals surface area contributed by atoms with Crippen LogP contribution in [0.15, 0.2) is 0 Å². The quantitative estimate of drug-likeness (QED) is 0.115. The van der Waals surface area contributed by atoms with Crippen LogP contribution in [0.25, 0.3) is 0 Å². The van der Waals surface area contributed by atoms with Gasteiger partial charge in [-0.15, -0.1) is 0 Å². The van der Waals surface area contributed by atoms with E-state index in [1.807, 2.05) is 36.4 Å². The predicted octanol–water partition coefficient (Wildman–Crippen LogP) is 0.371. The molecule has 0 aromatic carbocycles. The summed E-state index contributed by atoms with van der Waals surface area (Å²) >= 11 is 1.98. The van der Waals surface area contributed by atoms with Crippen molar-refractivity contribution < 1.29 is 24.0 Å². The molecule has 0 saturated carbocycles. The fraction of sp³-hybridized carbons (Fsp3) is 0.737. The van der Waals surface area contributed by atoms with E-state index in [0.29, 0.717) is 43.2 Å². The lowest BCUT2D eigenvalue weighted by molar-refractivity contribution is -0.132. The molecule has 0 aliphatic rings. The molecule has 0 bridgehead atoms. The van der Waals surface area contributed by atoms with Crippen molar-refractivity contribution in [3.05, 3.63) is 0 Å². The lowest BCUT2D eigenvalue weighted by Crippen LogP contribution is -2.53. The van der Waals surface area contributed by atoms with Crippen molar-refractivity contribution in [2.75, 3.05) is 17.5 Å². The first-order valence-electron chi connectivity index (χ1n) is 10.0. The van der Waals surface area contributed by atoms with E-state index in [9.17, 15) is 24.0 Å². The van der Waals surface area contributed by atoms with Crippen LogP contribution >= 0.6 is 22.6 Å². The second kappa shape index (κ2) is 15.9. The van der Waals surface area contributed by atoms with Crippen LogP contribution < -0.4 is 27.0 Å². The van der Waals surface area contributed by atoms with Crippen molar-refractivity contribution in [2.45, 2.75) is 65.0 Å². The molecule has 2 atom stereocenters. The molecule has 30 heavy (non-hydrogen) atoms. The number of carbonyl (C=O) groups excluding carboxylic acids is 5. The van der Waals surface area contributed by atoms with Gasteiger partial charge in [0.05, 0.1) is 10.5 Å². The van der Waals surface area contributed by atoms with Gasteiger partial charge in [0, 0.05) is 19.5 Å². The second-order valence-electron chi connectivity index (χ2n) is 7.33. The summed E-state index contributed by atoms with van der Waals surface area (Å²) in [5, 5.41) is 10.6. The summed E-state index contributed by atoms with van der Waals surface area (Å²) in [6.07, 6.45) is 2.32. The van der Waals surface area contributed by atoms with Crippen LogP contribution in [0.3, 0.4) is 0 Å². The summed E-state index contributed by atoms with van der Waals surface area (Å²) < 4.78 is 0.395. The van der Waals surface area contributed by atoms with Gasteiger partial charge >= 0.3 is 6.03 Å². The average Bonchev–Trinajstić information content (AvgIpc) is 2.66. The number of alkyl halides is 1. The van der Waals surface area contributed by atoms with Gasteiger partial charge in [-0.25, -0.2) is 4.79 Å². The van der Waals surface area contributed by atoms with Crippen LogP contribution in [0.4, 0.5) is 4.79 Å². The minimum absolute atomic E-state index is 0.0398. The van der Waals surface area contributed by atoms with Crippen molar-refractivity contribution >= 4 is 52.1 Å². The third-order valence-electron chi connectivity index (χ3n) is 4.32. The van der Waals surface area contributed by atoms with Gasteiger partial charge in [-0.05, 0) is 38.5 Å². The first kappa shape index (κ1) is 28.1. The summed E-state index contributed by atoms with van der Waals surface area (Å²) in [7, 11) is 0. The average molecular weight is 539 g/mol. The number of nitrogens with one attached hydrogen (secondary N) is 4. The molecule has 0 radical (unpaired) electrons. The topological polar surface area (TPSA) is 159 Å². The monoisotopic (exact) mass is 539 g/mol. The number of amides is 5. The highest BCUT2D eigenvalue weighted by atomic mass is 127. The number of carbonyl (C=O) groups is 5. The number of ketones is 1. The number of hydrogen-bond donors (Lipinski definition) is 5. The Kier molecular flexibility index (Phi) is 14.8. The first-order chi connectivity index (χ1) is 14.1. The largest absolute Gasteiger partial charge is 0.355 e. The van der Waals surface area contributed by atoms with Gasteiger partial charge in [0.2, 0.25) is 17.7 Å². The Hall–Kier alpha value is -1.92. The molecular weight excluding hydrogens is 505 g/mol.